The number of nitrogens with one attached hydrogen (secondary N) is 2. The highest BCUT2D eigenvalue weighted by molar-refractivity contribution is 5.83. The minimum Gasteiger partial charge on any atom is -0.480 e. The summed E-state index contributed by atoms with van der Waals surface area (Å²) in [5, 5.41) is 13.9. The van der Waals surface area contributed by atoms with E-state index < -0.39 is 12.0 Å². The third-order valence-corrected chi connectivity index (χ3v) is 2.47. The molecule has 1 atom stereocenters. The summed E-state index contributed by atoms with van der Waals surface area (Å²) in [4.78, 5) is 34.5. The van der Waals surface area contributed by atoms with Crippen LogP contribution in [0, 0.1) is 0 Å². The Hall–Kier alpha value is -1.63. The minimum absolute atomic E-state index is 0.0218. The molecule has 7 heteroatoms. The maximum Gasteiger partial charge on any atom is 0.322 e. The van der Waals surface area contributed by atoms with E-state index in [1.54, 1.807) is 0 Å². The molecule has 1 saturated heterocycles. The number of nitrogens with zero attached hydrogens (tertiary/aromatic N) is 1. The van der Waals surface area contributed by atoms with Gasteiger partial charge in [0.25, 0.3) is 0 Å². The molecule has 1 heterocycles. The van der Waals surface area contributed by atoms with Crippen molar-refractivity contribution in [3.8, 4) is 0 Å². The van der Waals surface area contributed by atoms with Crippen molar-refractivity contribution in [1.82, 2.24) is 15.5 Å². The van der Waals surface area contributed by atoms with Crippen LogP contribution in [0.15, 0.2) is 0 Å². The summed E-state index contributed by atoms with van der Waals surface area (Å²) in [7, 11) is 1.51. The van der Waals surface area contributed by atoms with Crippen molar-refractivity contribution in [3.05, 3.63) is 0 Å². The summed E-state index contributed by atoms with van der Waals surface area (Å²) in [5.41, 5.74) is 0. The standard InChI is InChI=1S/C9H15N3O4/c1-10-7(13)2-3-12-5-8(14)11-4-6(12)9(15)16/h6H,2-5H2,1H3,(H,10,13)(H,11,14)(H,15,16). The smallest absolute Gasteiger partial charge is 0.322 e. The van der Waals surface area contributed by atoms with Crippen molar-refractivity contribution in [1.29, 1.82) is 0 Å². The monoisotopic (exact) mass is 229 g/mol. The fourth-order valence-electron chi connectivity index (χ4n) is 1.54. The Labute approximate surface area is 92.8 Å². The Morgan fingerprint density at radius 3 is 2.88 bits per heavy atom. The first-order chi connectivity index (χ1) is 7.54. The normalized spacial score (nSPS) is 21.3. The molecule has 1 fully saturated rings. The van der Waals surface area contributed by atoms with Crippen LogP contribution in [0.25, 0.3) is 0 Å². The van der Waals surface area contributed by atoms with Crippen LogP contribution in [0.5, 0.6) is 0 Å². The second kappa shape index (κ2) is 5.45. The van der Waals surface area contributed by atoms with Crippen molar-refractivity contribution in [2.24, 2.45) is 0 Å². The molecule has 0 spiro atoms. The SMILES string of the molecule is CNC(=O)CCN1CC(=O)NCC1C(=O)O. The number of hydrogen-bond acceptors (Lipinski definition) is 4. The van der Waals surface area contributed by atoms with Crippen molar-refractivity contribution in [3.63, 3.8) is 0 Å². The molecule has 0 aliphatic carbocycles. The molecule has 0 bridgehead atoms. The van der Waals surface area contributed by atoms with E-state index in [-0.39, 0.29) is 37.9 Å². The number of carboxylic acids is 1. The summed E-state index contributed by atoms with van der Waals surface area (Å²) in [6, 6.07) is -0.748. The molecule has 1 aliphatic rings. The number of piperazine rings is 1. The molecular formula is C9H15N3O4. The van der Waals surface area contributed by atoms with Crippen LogP contribution in [0.1, 0.15) is 6.42 Å². The summed E-state index contributed by atoms with van der Waals surface area (Å²) in [6.07, 6.45) is 0.188. The quantitative estimate of drug-likeness (QED) is 0.518. The molecule has 90 valence electrons. The zero-order valence-corrected chi connectivity index (χ0v) is 9.02. The highest BCUT2D eigenvalue weighted by Crippen LogP contribution is 2.05. The Balaban J connectivity index is 2.54. The van der Waals surface area contributed by atoms with Gasteiger partial charge in [0.1, 0.15) is 6.04 Å². The fourth-order valence-corrected chi connectivity index (χ4v) is 1.54. The highest BCUT2D eigenvalue weighted by atomic mass is 16.4. The largest absolute Gasteiger partial charge is 0.480 e. The summed E-state index contributed by atoms with van der Waals surface area (Å²) in [6.45, 7) is 0.375. The Bertz CT molecular complexity index is 305. The lowest BCUT2D eigenvalue weighted by molar-refractivity contribution is -0.146. The lowest BCUT2D eigenvalue weighted by atomic mass is 10.2. The number of amides is 2. The van der Waals surface area contributed by atoms with Gasteiger partial charge in [0.15, 0.2) is 0 Å². The van der Waals surface area contributed by atoms with Gasteiger partial charge in [0.05, 0.1) is 6.54 Å². The van der Waals surface area contributed by atoms with Gasteiger partial charge in [-0.05, 0) is 0 Å². The van der Waals surface area contributed by atoms with Crippen molar-refractivity contribution >= 4 is 17.8 Å². The van der Waals surface area contributed by atoms with Gasteiger partial charge in [-0.25, -0.2) is 0 Å². The Kier molecular flexibility index (Phi) is 4.24. The first-order valence-corrected chi connectivity index (χ1v) is 4.98. The molecule has 7 nitrogen and oxygen atoms in total. The van der Waals surface area contributed by atoms with E-state index >= 15 is 0 Å². The van der Waals surface area contributed by atoms with Crippen LogP contribution in [-0.2, 0) is 14.4 Å². The van der Waals surface area contributed by atoms with Gasteiger partial charge in [0, 0.05) is 26.6 Å². The van der Waals surface area contributed by atoms with E-state index in [0.717, 1.165) is 0 Å². The third kappa shape index (κ3) is 3.20. The van der Waals surface area contributed by atoms with Crippen LogP contribution in [0.3, 0.4) is 0 Å². The van der Waals surface area contributed by atoms with Gasteiger partial charge in [-0.1, -0.05) is 0 Å². The highest BCUT2D eigenvalue weighted by Gasteiger charge is 2.31. The number of carbonyl (C=O) groups excluding carboxylic acids is 2. The molecule has 0 aromatic rings. The first-order valence-electron chi connectivity index (χ1n) is 4.98. The Morgan fingerprint density at radius 1 is 1.62 bits per heavy atom. The molecule has 0 aromatic heterocycles. The van der Waals surface area contributed by atoms with E-state index in [2.05, 4.69) is 10.6 Å². The predicted octanol–water partition coefficient (Wildman–Crippen LogP) is -1.99. The van der Waals surface area contributed by atoms with Crippen LogP contribution < -0.4 is 10.6 Å². The molecule has 16 heavy (non-hydrogen) atoms. The second-order valence-electron chi connectivity index (χ2n) is 3.55. The lowest BCUT2D eigenvalue weighted by Gasteiger charge is -2.32. The molecule has 3 N–H and O–H groups in total. The number of carbonyl (C=O) groups is 3. The van der Waals surface area contributed by atoms with Gasteiger partial charge in [-0.15, -0.1) is 0 Å². The van der Waals surface area contributed by atoms with E-state index in [1.165, 1.54) is 11.9 Å². The van der Waals surface area contributed by atoms with Crippen molar-refractivity contribution in [2.75, 3.05) is 26.7 Å². The van der Waals surface area contributed by atoms with Gasteiger partial charge in [-0.2, -0.15) is 0 Å². The van der Waals surface area contributed by atoms with Crippen molar-refractivity contribution in [2.45, 2.75) is 12.5 Å². The Morgan fingerprint density at radius 2 is 2.31 bits per heavy atom. The van der Waals surface area contributed by atoms with Gasteiger partial charge >= 0.3 is 5.97 Å². The maximum atomic E-state index is 11.1. The summed E-state index contributed by atoms with van der Waals surface area (Å²) < 4.78 is 0. The average molecular weight is 229 g/mol. The number of rotatable bonds is 4. The van der Waals surface area contributed by atoms with E-state index in [9.17, 15) is 14.4 Å². The number of carboxylic acid groups (broad SMARTS) is 1. The molecular weight excluding hydrogens is 214 g/mol. The van der Waals surface area contributed by atoms with Gasteiger partial charge in [0.2, 0.25) is 11.8 Å². The molecule has 0 radical (unpaired) electrons. The van der Waals surface area contributed by atoms with E-state index in [0.29, 0.717) is 0 Å². The van der Waals surface area contributed by atoms with Crippen LogP contribution in [-0.4, -0.2) is 60.5 Å². The van der Waals surface area contributed by atoms with Crippen LogP contribution in [0.2, 0.25) is 0 Å². The average Bonchev–Trinajstić information content (AvgIpc) is 2.25. The van der Waals surface area contributed by atoms with Crippen LogP contribution >= 0.6 is 0 Å². The first kappa shape index (κ1) is 12.4. The predicted molar refractivity (Wildman–Crippen MR) is 54.7 cm³/mol. The third-order valence-electron chi connectivity index (χ3n) is 2.47. The lowest BCUT2D eigenvalue weighted by Crippen LogP contribution is -2.57. The van der Waals surface area contributed by atoms with Gasteiger partial charge < -0.3 is 15.7 Å². The molecule has 0 aromatic carbocycles. The van der Waals surface area contributed by atoms with Crippen molar-refractivity contribution < 1.29 is 19.5 Å². The molecule has 1 aliphatic heterocycles. The topological polar surface area (TPSA) is 98.7 Å². The number of hydrogen-bond donors (Lipinski definition) is 3. The minimum atomic E-state index is -0.989. The summed E-state index contributed by atoms with van der Waals surface area (Å²) >= 11 is 0. The fraction of sp³-hybridized carbons (Fsp3) is 0.667. The molecule has 1 rings (SSSR count). The van der Waals surface area contributed by atoms with Gasteiger partial charge in [-0.3, -0.25) is 19.3 Å². The van der Waals surface area contributed by atoms with E-state index in [4.69, 9.17) is 5.11 Å². The summed E-state index contributed by atoms with van der Waals surface area (Å²) in [5.74, 6) is -1.37. The maximum absolute atomic E-state index is 11.1. The van der Waals surface area contributed by atoms with E-state index in [1.807, 2.05) is 0 Å². The molecule has 0 saturated carbocycles. The molecule has 2 amide bonds. The second-order valence-corrected chi connectivity index (χ2v) is 3.55. The zero-order chi connectivity index (χ0) is 12.1. The zero-order valence-electron chi connectivity index (χ0n) is 9.02. The number of aliphatic carboxylic acids is 1. The molecule has 1 unspecified atom stereocenters. The van der Waals surface area contributed by atoms with Crippen LogP contribution in [0.4, 0.5) is 0 Å².